The molecule has 0 unspecified atom stereocenters. The van der Waals surface area contributed by atoms with E-state index in [0.29, 0.717) is 17.5 Å². The molecule has 3 N–H and O–H groups in total. The van der Waals surface area contributed by atoms with E-state index in [0.717, 1.165) is 15.1 Å². The fraction of sp³-hybridized carbons (Fsp3) is 0.0909. The Morgan fingerprint density at radius 1 is 1.17 bits per heavy atom. The molecule has 0 aliphatic heterocycles. The molecular formula is C11H10N6S. The summed E-state index contributed by atoms with van der Waals surface area (Å²) < 4.78 is 0. The maximum Gasteiger partial charge on any atom is 0.201 e. The summed E-state index contributed by atoms with van der Waals surface area (Å²) in [4.78, 5) is 19.1. The van der Waals surface area contributed by atoms with E-state index in [2.05, 4.69) is 25.4 Å². The molecule has 3 rings (SSSR count). The largest absolute Gasteiger partial charge is 0.308 e. The van der Waals surface area contributed by atoms with Crippen LogP contribution >= 0.6 is 11.3 Å². The molecule has 3 heterocycles. The number of nitrogen functional groups attached to an aromatic ring is 1. The van der Waals surface area contributed by atoms with Crippen molar-refractivity contribution >= 4 is 27.4 Å². The zero-order valence-corrected chi connectivity index (χ0v) is 10.4. The van der Waals surface area contributed by atoms with Gasteiger partial charge in [0.1, 0.15) is 4.83 Å². The second-order valence-corrected chi connectivity index (χ2v) is 4.92. The number of nitrogens with two attached hydrogens (primary N) is 1. The molecule has 0 aliphatic carbocycles. The number of nitrogens with zero attached hydrogens (tertiary/aromatic N) is 4. The van der Waals surface area contributed by atoms with Crippen LogP contribution in [0.25, 0.3) is 21.9 Å². The van der Waals surface area contributed by atoms with Crippen molar-refractivity contribution in [3.8, 4) is 11.6 Å². The number of rotatable bonds is 2. The number of fused-ring (bicyclic) bond motifs is 1. The molecule has 6 nitrogen and oxygen atoms in total. The maximum atomic E-state index is 5.50. The number of thiophene rings is 1. The molecular weight excluding hydrogens is 248 g/mol. The van der Waals surface area contributed by atoms with Crippen LogP contribution in [0.1, 0.15) is 4.88 Å². The Hall–Kier alpha value is -2.12. The molecule has 0 saturated heterocycles. The minimum Gasteiger partial charge on any atom is -0.308 e. The molecule has 18 heavy (non-hydrogen) atoms. The van der Waals surface area contributed by atoms with Crippen molar-refractivity contribution in [2.24, 2.45) is 5.84 Å². The summed E-state index contributed by atoms with van der Waals surface area (Å²) >= 11 is 1.59. The molecule has 0 fully saturated rings. The Balaban J connectivity index is 2.25. The van der Waals surface area contributed by atoms with E-state index in [1.165, 1.54) is 0 Å². The van der Waals surface area contributed by atoms with Gasteiger partial charge in [-0.1, -0.05) is 0 Å². The van der Waals surface area contributed by atoms with Gasteiger partial charge in [0.05, 0.1) is 5.39 Å². The lowest BCUT2D eigenvalue weighted by Crippen LogP contribution is -2.10. The van der Waals surface area contributed by atoms with Crippen LogP contribution in [0.5, 0.6) is 0 Å². The van der Waals surface area contributed by atoms with Gasteiger partial charge in [0, 0.05) is 17.3 Å². The van der Waals surface area contributed by atoms with E-state index in [4.69, 9.17) is 5.84 Å². The standard InChI is InChI=1S/C11H10N6S/c1-6-5-7-8(17-12)15-10(16-11(7)18-6)9-13-3-2-4-14-9/h2-5H,12H2,1H3,(H,15,16,17). The highest BCUT2D eigenvalue weighted by molar-refractivity contribution is 7.18. The zero-order valence-electron chi connectivity index (χ0n) is 9.58. The zero-order chi connectivity index (χ0) is 12.5. The smallest absolute Gasteiger partial charge is 0.201 e. The highest BCUT2D eigenvalue weighted by atomic mass is 32.1. The fourth-order valence-electron chi connectivity index (χ4n) is 1.67. The lowest BCUT2D eigenvalue weighted by molar-refractivity contribution is 1.09. The van der Waals surface area contributed by atoms with Crippen molar-refractivity contribution < 1.29 is 0 Å². The third-order valence-corrected chi connectivity index (χ3v) is 3.36. The lowest BCUT2D eigenvalue weighted by atomic mass is 10.3. The van der Waals surface area contributed by atoms with E-state index in [1.54, 1.807) is 29.8 Å². The van der Waals surface area contributed by atoms with Crippen LogP contribution in [0.3, 0.4) is 0 Å². The summed E-state index contributed by atoms with van der Waals surface area (Å²) in [7, 11) is 0. The molecule has 3 aromatic rings. The Kier molecular flexibility index (Phi) is 2.62. The van der Waals surface area contributed by atoms with Crippen LogP contribution in [0.2, 0.25) is 0 Å². The molecule has 0 aromatic carbocycles. The first-order chi connectivity index (χ1) is 8.78. The highest BCUT2D eigenvalue weighted by Gasteiger charge is 2.12. The van der Waals surface area contributed by atoms with E-state index in [9.17, 15) is 0 Å². The number of nitrogens with one attached hydrogen (secondary N) is 1. The molecule has 0 aliphatic rings. The third kappa shape index (κ3) is 1.79. The van der Waals surface area contributed by atoms with Gasteiger partial charge in [0.2, 0.25) is 5.82 Å². The number of hydrazine groups is 1. The topological polar surface area (TPSA) is 89.6 Å². The Labute approximate surface area is 107 Å². The fourth-order valence-corrected chi connectivity index (χ4v) is 2.55. The number of hydrogen-bond donors (Lipinski definition) is 2. The Morgan fingerprint density at radius 2 is 1.94 bits per heavy atom. The molecule has 0 atom stereocenters. The summed E-state index contributed by atoms with van der Waals surface area (Å²) in [6.07, 6.45) is 3.32. The second-order valence-electron chi connectivity index (χ2n) is 3.69. The van der Waals surface area contributed by atoms with Gasteiger partial charge in [0.25, 0.3) is 0 Å². The van der Waals surface area contributed by atoms with Crippen LogP contribution in [-0.4, -0.2) is 19.9 Å². The maximum absolute atomic E-state index is 5.50. The van der Waals surface area contributed by atoms with Crippen LogP contribution < -0.4 is 11.3 Å². The molecule has 0 radical (unpaired) electrons. The third-order valence-electron chi connectivity index (χ3n) is 2.42. The van der Waals surface area contributed by atoms with Crippen LogP contribution in [0, 0.1) is 6.92 Å². The second kappa shape index (κ2) is 4.28. The first kappa shape index (κ1) is 11.0. The van der Waals surface area contributed by atoms with Crippen LogP contribution in [0.4, 0.5) is 5.82 Å². The molecule has 0 saturated carbocycles. The van der Waals surface area contributed by atoms with E-state index in [1.807, 2.05) is 13.0 Å². The van der Waals surface area contributed by atoms with E-state index >= 15 is 0 Å². The summed E-state index contributed by atoms with van der Waals surface area (Å²) in [5.41, 5.74) is 2.59. The normalized spacial score (nSPS) is 10.8. The molecule has 3 aromatic heterocycles. The average molecular weight is 258 g/mol. The van der Waals surface area contributed by atoms with Crippen LogP contribution in [-0.2, 0) is 0 Å². The quantitative estimate of drug-likeness (QED) is 0.537. The van der Waals surface area contributed by atoms with Gasteiger partial charge in [-0.2, -0.15) is 0 Å². The van der Waals surface area contributed by atoms with Crippen molar-refractivity contribution in [3.63, 3.8) is 0 Å². The first-order valence-electron chi connectivity index (χ1n) is 5.30. The van der Waals surface area contributed by atoms with E-state index < -0.39 is 0 Å². The lowest BCUT2D eigenvalue weighted by Gasteiger charge is -2.03. The average Bonchev–Trinajstić information content (AvgIpc) is 2.78. The summed E-state index contributed by atoms with van der Waals surface area (Å²) in [6.45, 7) is 2.02. The van der Waals surface area contributed by atoms with Crippen LogP contribution in [0.15, 0.2) is 24.5 Å². The minimum atomic E-state index is 0.470. The Morgan fingerprint density at radius 3 is 2.67 bits per heavy atom. The van der Waals surface area contributed by atoms with E-state index in [-0.39, 0.29) is 0 Å². The van der Waals surface area contributed by atoms with Crippen molar-refractivity contribution in [3.05, 3.63) is 29.4 Å². The molecule has 90 valence electrons. The first-order valence-corrected chi connectivity index (χ1v) is 6.12. The highest BCUT2D eigenvalue weighted by Crippen LogP contribution is 2.29. The van der Waals surface area contributed by atoms with Gasteiger partial charge >= 0.3 is 0 Å². The number of hydrogen-bond acceptors (Lipinski definition) is 7. The summed E-state index contributed by atoms with van der Waals surface area (Å²) in [5.74, 6) is 7.04. The van der Waals surface area contributed by atoms with Gasteiger partial charge in [-0.15, -0.1) is 11.3 Å². The van der Waals surface area contributed by atoms with Crippen molar-refractivity contribution in [1.82, 2.24) is 19.9 Å². The van der Waals surface area contributed by atoms with Crippen molar-refractivity contribution in [2.75, 3.05) is 5.43 Å². The number of aryl methyl sites for hydroxylation is 1. The molecule has 0 spiro atoms. The summed E-state index contributed by atoms with van der Waals surface area (Å²) in [6, 6.07) is 3.75. The predicted octanol–water partition coefficient (Wildman–Crippen LogP) is 1.74. The Bertz CT molecular complexity index is 693. The van der Waals surface area contributed by atoms with Crippen molar-refractivity contribution in [2.45, 2.75) is 6.92 Å². The van der Waals surface area contributed by atoms with Gasteiger partial charge in [-0.25, -0.2) is 25.8 Å². The minimum absolute atomic E-state index is 0.470. The van der Waals surface area contributed by atoms with Gasteiger partial charge < -0.3 is 5.43 Å². The molecule has 7 heteroatoms. The predicted molar refractivity (Wildman–Crippen MR) is 71.0 cm³/mol. The molecule has 0 bridgehead atoms. The van der Waals surface area contributed by atoms with Crippen molar-refractivity contribution in [1.29, 1.82) is 0 Å². The SMILES string of the molecule is Cc1cc2c(NN)nc(-c3ncccn3)nc2s1. The summed E-state index contributed by atoms with van der Waals surface area (Å²) in [5, 5.41) is 0.916. The number of aromatic nitrogens is 4. The van der Waals surface area contributed by atoms with Gasteiger partial charge in [0.15, 0.2) is 11.6 Å². The monoisotopic (exact) mass is 258 g/mol. The van der Waals surface area contributed by atoms with Gasteiger partial charge in [-0.3, -0.25) is 0 Å². The van der Waals surface area contributed by atoms with Gasteiger partial charge in [-0.05, 0) is 19.1 Å². The molecule has 0 amide bonds. The number of anilines is 1.